The smallest absolute Gasteiger partial charge is 0.295 e. The van der Waals surface area contributed by atoms with E-state index in [0.29, 0.717) is 23.6 Å². The highest BCUT2D eigenvalue weighted by molar-refractivity contribution is 7.99. The first-order valence-corrected chi connectivity index (χ1v) is 9.86. The first-order chi connectivity index (χ1) is 13.0. The van der Waals surface area contributed by atoms with Crippen LogP contribution in [0, 0.1) is 6.92 Å². The summed E-state index contributed by atoms with van der Waals surface area (Å²) in [5, 5.41) is 2.58. The number of thioether (sulfide) groups is 1. The summed E-state index contributed by atoms with van der Waals surface area (Å²) >= 11 is 1.50. The van der Waals surface area contributed by atoms with Crippen LogP contribution in [0.15, 0.2) is 57.9 Å². The Kier molecular flexibility index (Phi) is 5.91. The van der Waals surface area contributed by atoms with Crippen LogP contribution < -0.4 is 10.9 Å². The summed E-state index contributed by atoms with van der Waals surface area (Å²) < 4.78 is 8.64. The van der Waals surface area contributed by atoms with E-state index in [-0.39, 0.29) is 16.7 Å². The second-order valence-electron chi connectivity index (χ2n) is 6.21. The first kappa shape index (κ1) is 19.1. The van der Waals surface area contributed by atoms with Gasteiger partial charge in [-0.1, -0.05) is 25.1 Å². The number of hydrogen-bond acceptors (Lipinski definition) is 4. The summed E-state index contributed by atoms with van der Waals surface area (Å²) in [6.45, 7) is 3.78. The van der Waals surface area contributed by atoms with Gasteiger partial charge in [0.1, 0.15) is 11.4 Å². The molecule has 1 aromatic carbocycles. The van der Waals surface area contributed by atoms with Crippen molar-refractivity contribution >= 4 is 23.4 Å². The maximum Gasteiger partial charge on any atom is 0.295 e. The fraction of sp³-hybridized carbons (Fsp3) is 0.300. The number of nitrogens with one attached hydrogen (secondary N) is 1. The molecule has 2 heterocycles. The van der Waals surface area contributed by atoms with Crippen molar-refractivity contribution in [1.82, 2.24) is 9.36 Å². The predicted octanol–water partition coefficient (Wildman–Crippen LogP) is 3.73. The average Bonchev–Trinajstić information content (AvgIpc) is 3.26. The van der Waals surface area contributed by atoms with E-state index in [1.54, 1.807) is 15.6 Å². The molecular formula is C20H23N3O3S. The van der Waals surface area contributed by atoms with Gasteiger partial charge in [-0.3, -0.25) is 14.3 Å². The Labute approximate surface area is 162 Å². The SMILES string of the molecule is CCC(SCc1ccco1)C(=O)Nc1c(C)n(C)n(-c2ccccc2)c1=O. The van der Waals surface area contributed by atoms with Gasteiger partial charge in [0, 0.05) is 7.05 Å². The van der Waals surface area contributed by atoms with Crippen LogP contribution >= 0.6 is 11.8 Å². The Morgan fingerprint density at radius 3 is 2.59 bits per heavy atom. The Hall–Kier alpha value is -2.67. The molecule has 0 saturated carbocycles. The molecule has 0 aliphatic rings. The Morgan fingerprint density at radius 1 is 1.22 bits per heavy atom. The molecule has 3 rings (SSSR count). The molecule has 27 heavy (non-hydrogen) atoms. The van der Waals surface area contributed by atoms with E-state index >= 15 is 0 Å². The average molecular weight is 385 g/mol. The summed E-state index contributed by atoms with van der Waals surface area (Å²) in [6, 6.07) is 13.1. The Morgan fingerprint density at radius 2 is 1.96 bits per heavy atom. The molecule has 0 fully saturated rings. The third kappa shape index (κ3) is 4.03. The third-order valence-corrected chi connectivity index (χ3v) is 5.87. The highest BCUT2D eigenvalue weighted by Gasteiger charge is 2.23. The quantitative estimate of drug-likeness (QED) is 0.673. The zero-order valence-electron chi connectivity index (χ0n) is 15.6. The number of hydrogen-bond donors (Lipinski definition) is 1. The third-order valence-electron chi connectivity index (χ3n) is 4.47. The number of amides is 1. The minimum absolute atomic E-state index is 0.167. The minimum atomic E-state index is -0.265. The van der Waals surface area contributed by atoms with Crippen LogP contribution in [-0.4, -0.2) is 20.5 Å². The fourth-order valence-electron chi connectivity index (χ4n) is 2.87. The van der Waals surface area contributed by atoms with Gasteiger partial charge in [0.05, 0.1) is 28.6 Å². The molecule has 0 aliphatic heterocycles. The minimum Gasteiger partial charge on any atom is -0.468 e. The van der Waals surface area contributed by atoms with Crippen molar-refractivity contribution in [2.75, 3.05) is 5.32 Å². The topological polar surface area (TPSA) is 69.2 Å². The molecule has 0 spiro atoms. The molecule has 0 aliphatic carbocycles. The van der Waals surface area contributed by atoms with Crippen LogP contribution in [-0.2, 0) is 17.6 Å². The van der Waals surface area contributed by atoms with Crippen LogP contribution in [0.1, 0.15) is 24.8 Å². The molecule has 3 aromatic rings. The number of furan rings is 1. The van der Waals surface area contributed by atoms with Crippen LogP contribution in [0.2, 0.25) is 0 Å². The predicted molar refractivity (Wildman–Crippen MR) is 108 cm³/mol. The van der Waals surface area contributed by atoms with Crippen LogP contribution in [0.5, 0.6) is 0 Å². The molecule has 0 radical (unpaired) electrons. The highest BCUT2D eigenvalue weighted by Crippen LogP contribution is 2.23. The van der Waals surface area contributed by atoms with E-state index in [1.165, 1.54) is 11.8 Å². The number of para-hydroxylation sites is 1. The summed E-state index contributed by atoms with van der Waals surface area (Å²) in [5.74, 6) is 1.27. The molecule has 6 nitrogen and oxygen atoms in total. The van der Waals surface area contributed by atoms with Crippen LogP contribution in [0.4, 0.5) is 5.69 Å². The highest BCUT2D eigenvalue weighted by atomic mass is 32.2. The standard InChI is InChI=1S/C20H23N3O3S/c1-4-17(27-13-16-11-8-12-26-16)19(24)21-18-14(2)22(3)23(20(18)25)15-9-6-5-7-10-15/h5-12,17H,4,13H2,1-3H3,(H,21,24). The van der Waals surface area contributed by atoms with Crippen LogP contribution in [0.25, 0.3) is 5.69 Å². The summed E-state index contributed by atoms with van der Waals surface area (Å²) in [4.78, 5) is 25.7. The lowest BCUT2D eigenvalue weighted by molar-refractivity contribution is -0.115. The first-order valence-electron chi connectivity index (χ1n) is 8.81. The van der Waals surface area contributed by atoms with Crippen molar-refractivity contribution in [3.8, 4) is 5.69 Å². The fourth-order valence-corrected chi connectivity index (χ4v) is 3.85. The maximum atomic E-state index is 12.9. The van der Waals surface area contributed by atoms with Crippen molar-refractivity contribution in [3.05, 3.63) is 70.5 Å². The number of carbonyl (C=O) groups is 1. The zero-order chi connectivity index (χ0) is 19.4. The van der Waals surface area contributed by atoms with E-state index in [1.807, 2.05) is 63.4 Å². The van der Waals surface area contributed by atoms with E-state index in [4.69, 9.17) is 4.42 Å². The molecule has 1 atom stereocenters. The van der Waals surface area contributed by atoms with Gasteiger partial charge in [-0.15, -0.1) is 11.8 Å². The molecule has 0 saturated heterocycles. The van der Waals surface area contributed by atoms with E-state index in [2.05, 4.69) is 5.32 Å². The number of anilines is 1. The number of carbonyl (C=O) groups excluding carboxylic acids is 1. The van der Waals surface area contributed by atoms with Crippen molar-refractivity contribution in [2.24, 2.45) is 7.05 Å². The normalized spacial score (nSPS) is 12.1. The summed E-state index contributed by atoms with van der Waals surface area (Å²) in [6.07, 6.45) is 2.28. The lowest BCUT2D eigenvalue weighted by atomic mass is 10.3. The van der Waals surface area contributed by atoms with Gasteiger partial charge in [-0.2, -0.15) is 0 Å². The second kappa shape index (κ2) is 8.35. The van der Waals surface area contributed by atoms with Crippen molar-refractivity contribution in [2.45, 2.75) is 31.3 Å². The lowest BCUT2D eigenvalue weighted by Crippen LogP contribution is -2.28. The number of nitrogens with zero attached hydrogens (tertiary/aromatic N) is 2. The zero-order valence-corrected chi connectivity index (χ0v) is 16.5. The monoisotopic (exact) mass is 385 g/mol. The van der Waals surface area contributed by atoms with Crippen molar-refractivity contribution in [3.63, 3.8) is 0 Å². The van der Waals surface area contributed by atoms with Gasteiger partial charge in [0.25, 0.3) is 5.56 Å². The molecular weight excluding hydrogens is 362 g/mol. The van der Waals surface area contributed by atoms with Crippen molar-refractivity contribution < 1.29 is 9.21 Å². The number of aromatic nitrogens is 2. The van der Waals surface area contributed by atoms with Gasteiger partial charge in [0.2, 0.25) is 5.91 Å². The second-order valence-corrected chi connectivity index (χ2v) is 7.40. The van der Waals surface area contributed by atoms with Gasteiger partial charge >= 0.3 is 0 Å². The van der Waals surface area contributed by atoms with Crippen molar-refractivity contribution in [1.29, 1.82) is 0 Å². The van der Waals surface area contributed by atoms with Gasteiger partial charge in [0.15, 0.2) is 0 Å². The molecule has 1 N–H and O–H groups in total. The molecule has 7 heteroatoms. The van der Waals surface area contributed by atoms with Crippen LogP contribution in [0.3, 0.4) is 0 Å². The molecule has 142 valence electrons. The summed E-state index contributed by atoms with van der Waals surface area (Å²) in [5.41, 5.74) is 1.56. The molecule has 1 unspecified atom stereocenters. The maximum absolute atomic E-state index is 12.9. The Bertz CT molecular complexity index is 959. The molecule has 0 bridgehead atoms. The van der Waals surface area contributed by atoms with E-state index in [9.17, 15) is 9.59 Å². The summed E-state index contributed by atoms with van der Waals surface area (Å²) in [7, 11) is 1.81. The molecule has 1 amide bonds. The van der Waals surface area contributed by atoms with Gasteiger partial charge < -0.3 is 9.73 Å². The van der Waals surface area contributed by atoms with E-state index < -0.39 is 0 Å². The lowest BCUT2D eigenvalue weighted by Gasteiger charge is -2.13. The van der Waals surface area contributed by atoms with Gasteiger partial charge in [-0.05, 0) is 37.6 Å². The largest absolute Gasteiger partial charge is 0.468 e. The Balaban J connectivity index is 1.80. The van der Waals surface area contributed by atoms with E-state index in [0.717, 1.165) is 11.4 Å². The molecule has 2 aromatic heterocycles. The number of benzene rings is 1. The number of rotatable bonds is 7. The van der Waals surface area contributed by atoms with Gasteiger partial charge in [-0.25, -0.2) is 4.68 Å².